The van der Waals surface area contributed by atoms with E-state index < -0.39 is 39.0 Å². The number of nitro benzene ring substituents is 2. The van der Waals surface area contributed by atoms with Crippen molar-refractivity contribution < 1.29 is 19.4 Å². The predicted octanol–water partition coefficient (Wildman–Crippen LogP) is 2.69. The van der Waals surface area contributed by atoms with Crippen LogP contribution in [0.15, 0.2) is 18.2 Å². The van der Waals surface area contributed by atoms with Crippen LogP contribution in [0, 0.1) is 26.1 Å². The molecule has 1 unspecified atom stereocenters. The molecule has 0 fully saturated rings. The topological polar surface area (TPSA) is 120 Å². The fourth-order valence-corrected chi connectivity index (χ4v) is 1.75. The number of carbonyl (C=O) groups is 2. The fraction of sp³-hybridized carbons (Fsp3) is 0.385. The van der Waals surface area contributed by atoms with Crippen molar-refractivity contribution in [2.24, 2.45) is 5.92 Å². The van der Waals surface area contributed by atoms with Crippen LogP contribution in [0.25, 0.3) is 0 Å². The molecule has 0 saturated heterocycles. The molecule has 0 aromatic heterocycles. The van der Waals surface area contributed by atoms with E-state index in [0.29, 0.717) is 6.42 Å². The van der Waals surface area contributed by atoms with Crippen LogP contribution in [0.2, 0.25) is 0 Å². The quantitative estimate of drug-likeness (QED) is 0.330. The number of ketones is 2. The highest BCUT2D eigenvalue weighted by atomic mass is 16.6. The van der Waals surface area contributed by atoms with Crippen molar-refractivity contribution in [3.63, 3.8) is 0 Å². The van der Waals surface area contributed by atoms with Crippen molar-refractivity contribution >= 4 is 22.9 Å². The fourth-order valence-electron chi connectivity index (χ4n) is 1.75. The summed E-state index contributed by atoms with van der Waals surface area (Å²) in [6.07, 6.45) is 0.0418. The number of Topliss-reactive ketones (excluding diaryl/α,β-unsaturated/α-hetero) is 2. The van der Waals surface area contributed by atoms with E-state index in [1.807, 2.05) is 0 Å². The van der Waals surface area contributed by atoms with Crippen molar-refractivity contribution in [3.05, 3.63) is 44.0 Å². The number of nitro groups is 2. The van der Waals surface area contributed by atoms with Crippen molar-refractivity contribution in [1.82, 2.24) is 0 Å². The summed E-state index contributed by atoms with van der Waals surface area (Å²) in [5.41, 5.74) is -2.04. The van der Waals surface area contributed by atoms with E-state index in [1.165, 1.54) is 6.07 Å². The zero-order valence-electron chi connectivity index (χ0n) is 11.6. The lowest BCUT2D eigenvalue weighted by Gasteiger charge is -2.07. The molecule has 1 atom stereocenters. The van der Waals surface area contributed by atoms with Crippen LogP contribution in [0.4, 0.5) is 11.4 Å². The van der Waals surface area contributed by atoms with Gasteiger partial charge in [0.05, 0.1) is 16.3 Å². The molecular weight excluding hydrogens is 280 g/mol. The molecule has 0 aliphatic rings. The normalized spacial score (nSPS) is 11.7. The summed E-state index contributed by atoms with van der Waals surface area (Å²) in [7, 11) is 0. The van der Waals surface area contributed by atoms with Crippen LogP contribution in [0.3, 0.4) is 0 Å². The van der Waals surface area contributed by atoms with E-state index >= 15 is 0 Å². The molecular formula is C13H14N2O6. The second-order valence-electron chi connectivity index (χ2n) is 4.56. The highest BCUT2D eigenvalue weighted by Crippen LogP contribution is 2.31. The Hall–Kier alpha value is -2.64. The SMILES string of the molecule is CCC(C)C(=O)CC(=O)c1cccc([N+](=O)[O-])c1[N+](=O)[O-]. The van der Waals surface area contributed by atoms with Gasteiger partial charge < -0.3 is 0 Å². The van der Waals surface area contributed by atoms with Gasteiger partial charge in [-0.05, 0) is 12.5 Å². The summed E-state index contributed by atoms with van der Waals surface area (Å²) >= 11 is 0. The number of carbonyl (C=O) groups excluding carboxylic acids is 2. The molecule has 0 radical (unpaired) electrons. The summed E-state index contributed by atoms with van der Waals surface area (Å²) in [6, 6.07) is 3.26. The van der Waals surface area contributed by atoms with Crippen LogP contribution in [0.5, 0.6) is 0 Å². The number of nitrogens with zero attached hydrogens (tertiary/aromatic N) is 2. The van der Waals surface area contributed by atoms with Crippen LogP contribution < -0.4 is 0 Å². The van der Waals surface area contributed by atoms with Crippen molar-refractivity contribution in [1.29, 1.82) is 0 Å². The Bertz CT molecular complexity index is 611. The molecule has 0 saturated carbocycles. The van der Waals surface area contributed by atoms with Gasteiger partial charge in [-0.3, -0.25) is 29.8 Å². The van der Waals surface area contributed by atoms with Gasteiger partial charge in [-0.1, -0.05) is 19.9 Å². The monoisotopic (exact) mass is 294 g/mol. The number of hydrogen-bond donors (Lipinski definition) is 0. The van der Waals surface area contributed by atoms with E-state index in [9.17, 15) is 29.8 Å². The van der Waals surface area contributed by atoms with Gasteiger partial charge in [0.2, 0.25) is 0 Å². The maximum absolute atomic E-state index is 12.0. The Morgan fingerprint density at radius 1 is 1.19 bits per heavy atom. The number of para-hydroxylation sites is 1. The summed E-state index contributed by atoms with van der Waals surface area (Å²) in [5, 5.41) is 21.8. The molecule has 0 bridgehead atoms. The van der Waals surface area contributed by atoms with Crippen LogP contribution in [-0.4, -0.2) is 21.4 Å². The van der Waals surface area contributed by atoms with E-state index in [4.69, 9.17) is 0 Å². The average molecular weight is 294 g/mol. The molecule has 112 valence electrons. The van der Waals surface area contributed by atoms with Crippen molar-refractivity contribution in [2.45, 2.75) is 26.7 Å². The number of benzene rings is 1. The van der Waals surface area contributed by atoms with Gasteiger partial charge in [0.15, 0.2) is 5.78 Å². The van der Waals surface area contributed by atoms with Gasteiger partial charge in [-0.15, -0.1) is 0 Å². The van der Waals surface area contributed by atoms with E-state index in [0.717, 1.165) is 12.1 Å². The first kappa shape index (κ1) is 16.4. The molecule has 1 rings (SSSR count). The van der Waals surface area contributed by atoms with E-state index in [-0.39, 0.29) is 11.7 Å². The summed E-state index contributed by atoms with van der Waals surface area (Å²) in [5.74, 6) is -1.47. The maximum Gasteiger partial charge on any atom is 0.356 e. The van der Waals surface area contributed by atoms with Crippen molar-refractivity contribution in [3.8, 4) is 0 Å². The minimum atomic E-state index is -0.973. The van der Waals surface area contributed by atoms with E-state index in [1.54, 1.807) is 13.8 Å². The van der Waals surface area contributed by atoms with Gasteiger partial charge in [0.1, 0.15) is 11.3 Å². The Morgan fingerprint density at radius 3 is 2.29 bits per heavy atom. The molecule has 21 heavy (non-hydrogen) atoms. The molecule has 1 aromatic carbocycles. The lowest BCUT2D eigenvalue weighted by molar-refractivity contribution is -0.422. The molecule has 0 aliphatic heterocycles. The second-order valence-corrected chi connectivity index (χ2v) is 4.56. The third-order valence-corrected chi connectivity index (χ3v) is 3.19. The molecule has 0 heterocycles. The van der Waals surface area contributed by atoms with Gasteiger partial charge in [0, 0.05) is 12.0 Å². The predicted molar refractivity (Wildman–Crippen MR) is 73.2 cm³/mol. The van der Waals surface area contributed by atoms with Crippen LogP contribution >= 0.6 is 0 Å². The number of hydrogen-bond acceptors (Lipinski definition) is 6. The lowest BCUT2D eigenvalue weighted by Crippen LogP contribution is -2.16. The molecule has 0 aliphatic carbocycles. The smallest absolute Gasteiger partial charge is 0.299 e. The molecule has 8 heteroatoms. The van der Waals surface area contributed by atoms with Crippen LogP contribution in [-0.2, 0) is 4.79 Å². The standard InChI is InChI=1S/C13H14N2O6/c1-3-8(2)11(16)7-12(17)9-5-4-6-10(14(18)19)13(9)15(20)21/h4-6,8H,3,7H2,1-2H3. The minimum absolute atomic E-state index is 0.341. The first-order valence-corrected chi connectivity index (χ1v) is 6.27. The molecule has 0 N–H and O–H groups in total. The average Bonchev–Trinajstić information content (AvgIpc) is 2.44. The Labute approximate surface area is 120 Å². The van der Waals surface area contributed by atoms with Gasteiger partial charge in [0.25, 0.3) is 0 Å². The third-order valence-electron chi connectivity index (χ3n) is 3.19. The second kappa shape index (κ2) is 6.69. The van der Waals surface area contributed by atoms with E-state index in [2.05, 4.69) is 0 Å². The molecule has 1 aromatic rings. The third kappa shape index (κ3) is 3.68. The zero-order valence-corrected chi connectivity index (χ0v) is 11.6. The molecule has 0 amide bonds. The summed E-state index contributed by atoms with van der Waals surface area (Å²) < 4.78 is 0. The minimum Gasteiger partial charge on any atom is -0.299 e. The zero-order chi connectivity index (χ0) is 16.2. The van der Waals surface area contributed by atoms with Gasteiger partial charge >= 0.3 is 11.4 Å². The Morgan fingerprint density at radius 2 is 1.81 bits per heavy atom. The Kier molecular flexibility index (Phi) is 5.23. The van der Waals surface area contributed by atoms with Gasteiger partial charge in [-0.25, -0.2) is 0 Å². The lowest BCUT2D eigenvalue weighted by atomic mass is 9.96. The summed E-state index contributed by atoms with van der Waals surface area (Å²) in [4.78, 5) is 43.7. The first-order valence-electron chi connectivity index (χ1n) is 6.27. The molecule has 8 nitrogen and oxygen atoms in total. The summed E-state index contributed by atoms with van der Waals surface area (Å²) in [6.45, 7) is 3.43. The highest BCUT2D eigenvalue weighted by Gasteiger charge is 2.32. The largest absolute Gasteiger partial charge is 0.356 e. The van der Waals surface area contributed by atoms with Crippen LogP contribution in [0.1, 0.15) is 37.0 Å². The number of rotatable bonds is 7. The van der Waals surface area contributed by atoms with Crippen molar-refractivity contribution in [2.75, 3.05) is 0 Å². The Balaban J connectivity index is 3.21. The maximum atomic E-state index is 12.0. The molecule has 0 spiro atoms. The highest BCUT2D eigenvalue weighted by molar-refractivity contribution is 6.11. The van der Waals surface area contributed by atoms with Gasteiger partial charge in [-0.2, -0.15) is 0 Å². The first-order chi connectivity index (χ1) is 9.79.